The molecular weight excluding hydrogens is 532 g/mol. The van der Waals surface area contributed by atoms with E-state index in [-0.39, 0.29) is 18.3 Å². The number of thiocarbonyl (C=S) groups is 1. The third kappa shape index (κ3) is 4.58. The van der Waals surface area contributed by atoms with Gasteiger partial charge >= 0.3 is 0 Å². The number of para-hydroxylation sites is 1. The number of amides is 1. The molecule has 0 aromatic heterocycles. The Bertz CT molecular complexity index is 1150. The minimum absolute atomic E-state index is 0.133. The average molecular weight is 547 g/mol. The highest BCUT2D eigenvalue weighted by Gasteiger charge is 2.33. The molecule has 1 aliphatic heterocycles. The van der Waals surface area contributed by atoms with Gasteiger partial charge in [-0.1, -0.05) is 66.4 Å². The number of carbonyl (C=O) groups is 1. The second-order valence-electron chi connectivity index (χ2n) is 6.42. The van der Waals surface area contributed by atoms with E-state index in [0.29, 0.717) is 20.5 Å². The summed E-state index contributed by atoms with van der Waals surface area (Å²) >= 11 is 8.86. The van der Waals surface area contributed by atoms with Crippen molar-refractivity contribution in [2.45, 2.75) is 6.61 Å². The Morgan fingerprint density at radius 1 is 1.07 bits per heavy atom. The van der Waals surface area contributed by atoms with Gasteiger partial charge in [-0.2, -0.15) is 0 Å². The number of anilines is 1. The number of halogens is 2. The number of nitrogens with zero attached hydrogens (tertiary/aromatic N) is 1. The van der Waals surface area contributed by atoms with E-state index in [1.165, 1.54) is 17.8 Å². The Morgan fingerprint density at radius 2 is 1.80 bits per heavy atom. The number of ether oxygens (including phenoxy) is 1. The average Bonchev–Trinajstić information content (AvgIpc) is 3.02. The Kier molecular flexibility index (Phi) is 6.50. The van der Waals surface area contributed by atoms with Gasteiger partial charge in [-0.3, -0.25) is 9.69 Å². The molecule has 0 bridgehead atoms. The highest BCUT2D eigenvalue weighted by atomic mass is 127. The van der Waals surface area contributed by atoms with Crippen LogP contribution in [0.1, 0.15) is 11.1 Å². The van der Waals surface area contributed by atoms with E-state index in [9.17, 15) is 9.18 Å². The number of rotatable bonds is 5. The zero-order valence-electron chi connectivity index (χ0n) is 15.5. The summed E-state index contributed by atoms with van der Waals surface area (Å²) in [7, 11) is 0. The van der Waals surface area contributed by atoms with Gasteiger partial charge in [-0.15, -0.1) is 0 Å². The summed E-state index contributed by atoms with van der Waals surface area (Å²) < 4.78 is 20.9. The van der Waals surface area contributed by atoms with E-state index in [0.717, 1.165) is 14.8 Å². The molecule has 0 spiro atoms. The van der Waals surface area contributed by atoms with E-state index >= 15 is 0 Å². The molecule has 30 heavy (non-hydrogen) atoms. The Hall–Kier alpha value is -2.23. The first-order valence-corrected chi connectivity index (χ1v) is 11.3. The molecule has 7 heteroatoms. The van der Waals surface area contributed by atoms with Crippen LogP contribution in [0.3, 0.4) is 0 Å². The first-order valence-electron chi connectivity index (χ1n) is 9.02. The largest absolute Gasteiger partial charge is 0.488 e. The summed E-state index contributed by atoms with van der Waals surface area (Å²) in [6.45, 7) is 0.151. The number of benzene rings is 3. The van der Waals surface area contributed by atoms with Gasteiger partial charge in [0.15, 0.2) is 4.32 Å². The predicted molar refractivity (Wildman–Crippen MR) is 132 cm³/mol. The molecule has 1 fully saturated rings. The third-order valence-electron chi connectivity index (χ3n) is 4.40. The van der Waals surface area contributed by atoms with Crippen LogP contribution < -0.4 is 9.64 Å². The molecule has 150 valence electrons. The van der Waals surface area contributed by atoms with Crippen molar-refractivity contribution in [2.75, 3.05) is 4.90 Å². The fourth-order valence-electron chi connectivity index (χ4n) is 2.91. The summed E-state index contributed by atoms with van der Waals surface area (Å²) in [4.78, 5) is 15.0. The second-order valence-corrected chi connectivity index (χ2v) is 9.26. The minimum Gasteiger partial charge on any atom is -0.488 e. The number of hydrogen-bond donors (Lipinski definition) is 0. The first kappa shape index (κ1) is 21.0. The molecule has 1 saturated heterocycles. The van der Waals surface area contributed by atoms with Crippen molar-refractivity contribution < 1.29 is 13.9 Å². The van der Waals surface area contributed by atoms with Crippen molar-refractivity contribution in [3.05, 3.63) is 98.2 Å². The maximum atomic E-state index is 13.8. The van der Waals surface area contributed by atoms with Crippen molar-refractivity contribution in [3.63, 3.8) is 0 Å². The van der Waals surface area contributed by atoms with Crippen molar-refractivity contribution >= 4 is 68.6 Å². The van der Waals surface area contributed by atoms with Crippen molar-refractivity contribution in [3.8, 4) is 5.75 Å². The SMILES string of the molecule is O=C1/C(=C\c2ccc(OCc3ccccc3F)c(I)c2)SC(=S)N1c1ccccc1. The monoisotopic (exact) mass is 547 g/mol. The van der Waals surface area contributed by atoms with Crippen molar-refractivity contribution in [2.24, 2.45) is 0 Å². The molecule has 1 amide bonds. The van der Waals surface area contributed by atoms with Gasteiger partial charge in [0.25, 0.3) is 5.91 Å². The van der Waals surface area contributed by atoms with E-state index in [4.69, 9.17) is 17.0 Å². The highest BCUT2D eigenvalue weighted by Crippen LogP contribution is 2.36. The van der Waals surface area contributed by atoms with Crippen LogP contribution in [0.5, 0.6) is 5.75 Å². The molecule has 3 nitrogen and oxygen atoms in total. The Labute approximate surface area is 197 Å². The normalized spacial score (nSPS) is 15.1. The fraction of sp³-hybridized carbons (Fsp3) is 0.0435. The third-order valence-corrected chi connectivity index (χ3v) is 6.55. The van der Waals surface area contributed by atoms with Crippen LogP contribution in [0.15, 0.2) is 77.7 Å². The summed E-state index contributed by atoms with van der Waals surface area (Å²) in [5.74, 6) is 0.239. The number of thioether (sulfide) groups is 1. The second kappa shape index (κ2) is 9.28. The van der Waals surface area contributed by atoms with Gasteiger partial charge < -0.3 is 4.74 Å². The quantitative estimate of drug-likeness (QED) is 0.210. The van der Waals surface area contributed by atoms with Crippen molar-refractivity contribution in [1.82, 2.24) is 0 Å². The molecule has 1 heterocycles. The van der Waals surface area contributed by atoms with Crippen molar-refractivity contribution in [1.29, 1.82) is 0 Å². The van der Waals surface area contributed by atoms with Gasteiger partial charge in [-0.25, -0.2) is 4.39 Å². The van der Waals surface area contributed by atoms with E-state index in [1.54, 1.807) is 23.1 Å². The number of carbonyl (C=O) groups excluding carboxylic acids is 1. The zero-order valence-corrected chi connectivity index (χ0v) is 19.3. The van der Waals surface area contributed by atoms with E-state index in [1.807, 2.05) is 54.6 Å². The summed E-state index contributed by atoms with van der Waals surface area (Å²) in [5, 5.41) is 0. The predicted octanol–water partition coefficient (Wildman–Crippen LogP) is 6.42. The molecule has 3 aromatic carbocycles. The van der Waals surface area contributed by atoms with Crippen LogP contribution >= 0.6 is 46.6 Å². The van der Waals surface area contributed by atoms with E-state index < -0.39 is 0 Å². The van der Waals surface area contributed by atoms with Gasteiger partial charge in [-0.05, 0) is 64.6 Å². The molecule has 0 aliphatic carbocycles. The minimum atomic E-state index is -0.287. The molecule has 4 rings (SSSR count). The lowest BCUT2D eigenvalue weighted by Gasteiger charge is -2.13. The Morgan fingerprint density at radius 3 is 2.53 bits per heavy atom. The smallest absolute Gasteiger partial charge is 0.270 e. The van der Waals surface area contributed by atoms with Crippen LogP contribution in [-0.2, 0) is 11.4 Å². The summed E-state index contributed by atoms with van der Waals surface area (Å²) in [6.07, 6.45) is 1.82. The molecule has 1 aliphatic rings. The summed E-state index contributed by atoms with van der Waals surface area (Å²) in [5.41, 5.74) is 2.13. The number of hydrogen-bond acceptors (Lipinski definition) is 4. The Balaban J connectivity index is 1.50. The van der Waals surface area contributed by atoms with Crippen LogP contribution in [-0.4, -0.2) is 10.2 Å². The topological polar surface area (TPSA) is 29.5 Å². The van der Waals surface area contributed by atoms with Crippen LogP contribution in [0.2, 0.25) is 0 Å². The summed E-state index contributed by atoms with van der Waals surface area (Å²) in [6, 6.07) is 21.5. The van der Waals surface area contributed by atoms with Gasteiger partial charge in [0.1, 0.15) is 18.2 Å². The molecule has 0 radical (unpaired) electrons. The standard InChI is InChI=1S/C23H15FINO2S2/c24-18-9-5-4-6-16(18)14-28-20-11-10-15(12-19(20)25)13-21-22(27)26(23(29)30-21)17-7-2-1-3-8-17/h1-13H,14H2/b21-13+. The molecule has 0 atom stereocenters. The highest BCUT2D eigenvalue weighted by molar-refractivity contribution is 14.1. The maximum Gasteiger partial charge on any atom is 0.270 e. The molecule has 0 N–H and O–H groups in total. The lowest BCUT2D eigenvalue weighted by molar-refractivity contribution is -0.113. The molecule has 0 saturated carbocycles. The molecule has 0 unspecified atom stereocenters. The zero-order chi connectivity index (χ0) is 21.1. The molecular formula is C23H15FINO2S2. The van der Waals surface area contributed by atoms with E-state index in [2.05, 4.69) is 22.6 Å². The van der Waals surface area contributed by atoms with Crippen LogP contribution in [0.4, 0.5) is 10.1 Å². The molecule has 3 aromatic rings. The van der Waals surface area contributed by atoms with Crippen LogP contribution in [0, 0.1) is 9.39 Å². The lowest BCUT2D eigenvalue weighted by Crippen LogP contribution is -2.27. The van der Waals surface area contributed by atoms with Crippen LogP contribution in [0.25, 0.3) is 6.08 Å². The lowest BCUT2D eigenvalue weighted by atomic mass is 10.2. The first-order chi connectivity index (χ1) is 14.5. The maximum absolute atomic E-state index is 13.8. The van der Waals surface area contributed by atoms with Gasteiger partial charge in [0.2, 0.25) is 0 Å². The van der Waals surface area contributed by atoms with Gasteiger partial charge in [0, 0.05) is 5.56 Å². The fourth-order valence-corrected chi connectivity index (χ4v) is 4.91. The van der Waals surface area contributed by atoms with Gasteiger partial charge in [0.05, 0.1) is 14.2 Å².